The summed E-state index contributed by atoms with van der Waals surface area (Å²) in [5.41, 5.74) is 1.77. The molecule has 2 aromatic rings. The van der Waals surface area contributed by atoms with Crippen LogP contribution in [-0.4, -0.2) is 37.7 Å². The number of anilines is 1. The lowest BCUT2D eigenvalue weighted by molar-refractivity contribution is 0.0258. The summed E-state index contributed by atoms with van der Waals surface area (Å²) in [6.07, 6.45) is 2.65. The van der Waals surface area contributed by atoms with Crippen molar-refractivity contribution in [3.05, 3.63) is 54.0 Å². The number of hydrogen-bond acceptors (Lipinski definition) is 4. The lowest BCUT2D eigenvalue weighted by atomic mass is 10.0. The van der Waals surface area contributed by atoms with Crippen LogP contribution in [0.15, 0.2) is 52.1 Å². The molecule has 1 aromatic heterocycles. The summed E-state index contributed by atoms with van der Waals surface area (Å²) in [5, 5.41) is 9.46. The number of amides is 1. The van der Waals surface area contributed by atoms with Gasteiger partial charge in [0.05, 0.1) is 18.9 Å². The van der Waals surface area contributed by atoms with Gasteiger partial charge in [-0.05, 0) is 56.0 Å². The maximum atomic E-state index is 12.0. The molecule has 8 heteroatoms. The molecule has 7 nitrogen and oxygen atoms in total. The molecule has 0 saturated heterocycles. The Morgan fingerprint density at radius 1 is 1.13 bits per heavy atom. The predicted octanol–water partition coefficient (Wildman–Crippen LogP) is 4.66. The Bertz CT molecular complexity index is 777. The highest BCUT2D eigenvalue weighted by Crippen LogP contribution is 2.13. The van der Waals surface area contributed by atoms with Crippen molar-refractivity contribution >= 4 is 41.5 Å². The third-order valence-electron chi connectivity index (χ3n) is 4.57. The molecule has 2 rings (SSSR count). The first-order chi connectivity index (χ1) is 14.5. The van der Waals surface area contributed by atoms with Crippen LogP contribution in [0.5, 0.6) is 0 Å². The Morgan fingerprint density at radius 2 is 1.87 bits per heavy atom. The minimum atomic E-state index is -0.267. The number of carbonyl (C=O) groups excluding carboxylic acids is 1. The van der Waals surface area contributed by atoms with Gasteiger partial charge in [0, 0.05) is 25.4 Å². The van der Waals surface area contributed by atoms with Gasteiger partial charge in [-0.2, -0.15) is 0 Å². The smallest absolute Gasteiger partial charge is 0.291 e. The van der Waals surface area contributed by atoms with E-state index in [1.54, 1.807) is 12.1 Å². The minimum absolute atomic E-state index is 0. The lowest BCUT2D eigenvalue weighted by Gasteiger charge is -2.21. The van der Waals surface area contributed by atoms with E-state index in [4.69, 9.17) is 9.15 Å². The fourth-order valence-electron chi connectivity index (χ4n) is 2.96. The summed E-state index contributed by atoms with van der Waals surface area (Å²) in [6, 6.07) is 10.9. The molecule has 0 bridgehead atoms. The molecule has 1 amide bonds. The number of hydrogen-bond donors (Lipinski definition) is 3. The van der Waals surface area contributed by atoms with Gasteiger partial charge in [0.1, 0.15) is 0 Å². The summed E-state index contributed by atoms with van der Waals surface area (Å²) in [4.78, 5) is 16.7. The number of benzene rings is 1. The molecule has 0 radical (unpaired) electrons. The van der Waals surface area contributed by atoms with Gasteiger partial charge in [0.2, 0.25) is 0 Å². The van der Waals surface area contributed by atoms with Gasteiger partial charge >= 0.3 is 0 Å². The fraction of sp³-hybridized carbons (Fsp3) is 0.478. The standard InChI is InChI=1S/C23H34N4O3.HI/c1-5-24-23(25-14-13-20(17(3)4)29-6-2)26-16-18-9-11-19(12-10-18)27-22(28)21-8-7-15-30-21;/h7-12,15,17,20H,5-6,13-14,16H2,1-4H3,(H,27,28)(H2,24,25,26);1H. The van der Waals surface area contributed by atoms with E-state index in [1.807, 2.05) is 38.1 Å². The third-order valence-corrected chi connectivity index (χ3v) is 4.57. The number of nitrogens with one attached hydrogen (secondary N) is 3. The van der Waals surface area contributed by atoms with Gasteiger partial charge in [-0.15, -0.1) is 24.0 Å². The number of ether oxygens (including phenoxy) is 1. The van der Waals surface area contributed by atoms with Gasteiger partial charge in [-0.25, -0.2) is 4.99 Å². The van der Waals surface area contributed by atoms with E-state index in [0.717, 1.165) is 37.6 Å². The molecule has 172 valence electrons. The zero-order valence-corrected chi connectivity index (χ0v) is 21.1. The van der Waals surface area contributed by atoms with Crippen molar-refractivity contribution in [2.45, 2.75) is 46.8 Å². The molecule has 1 atom stereocenters. The highest BCUT2D eigenvalue weighted by Gasteiger charge is 2.13. The van der Waals surface area contributed by atoms with Crippen molar-refractivity contribution in [1.82, 2.24) is 10.6 Å². The van der Waals surface area contributed by atoms with Crippen molar-refractivity contribution < 1.29 is 13.9 Å². The SMILES string of the molecule is CCNC(=NCc1ccc(NC(=O)c2ccco2)cc1)NCCC(OCC)C(C)C.I. The first kappa shape index (κ1) is 27.0. The number of rotatable bonds is 11. The fourth-order valence-corrected chi connectivity index (χ4v) is 2.96. The number of aliphatic imine (C=N–C) groups is 1. The minimum Gasteiger partial charge on any atom is -0.459 e. The quantitative estimate of drug-likeness (QED) is 0.219. The monoisotopic (exact) mass is 542 g/mol. The van der Waals surface area contributed by atoms with E-state index in [2.05, 4.69) is 34.8 Å². The van der Waals surface area contributed by atoms with E-state index in [1.165, 1.54) is 6.26 Å². The summed E-state index contributed by atoms with van der Waals surface area (Å²) in [7, 11) is 0. The zero-order valence-electron chi connectivity index (χ0n) is 18.8. The third kappa shape index (κ3) is 9.73. The molecule has 0 spiro atoms. The molecule has 1 heterocycles. The van der Waals surface area contributed by atoms with E-state index >= 15 is 0 Å². The van der Waals surface area contributed by atoms with Gasteiger partial charge in [0.15, 0.2) is 11.7 Å². The number of nitrogens with zero attached hydrogens (tertiary/aromatic N) is 1. The Labute approximate surface area is 202 Å². The first-order valence-corrected chi connectivity index (χ1v) is 10.6. The van der Waals surface area contributed by atoms with Crippen LogP contribution in [0.25, 0.3) is 0 Å². The normalized spacial score (nSPS) is 12.2. The van der Waals surface area contributed by atoms with Crippen molar-refractivity contribution in [2.24, 2.45) is 10.9 Å². The Balaban J connectivity index is 0.00000480. The van der Waals surface area contributed by atoms with Crippen molar-refractivity contribution in [2.75, 3.05) is 25.0 Å². The molecule has 0 saturated carbocycles. The van der Waals surface area contributed by atoms with E-state index < -0.39 is 0 Å². The molecule has 3 N–H and O–H groups in total. The van der Waals surface area contributed by atoms with Crippen LogP contribution < -0.4 is 16.0 Å². The van der Waals surface area contributed by atoms with Crippen LogP contribution in [0.4, 0.5) is 5.69 Å². The van der Waals surface area contributed by atoms with Gasteiger partial charge in [-0.1, -0.05) is 26.0 Å². The van der Waals surface area contributed by atoms with Gasteiger partial charge < -0.3 is 25.1 Å². The highest BCUT2D eigenvalue weighted by atomic mass is 127. The maximum Gasteiger partial charge on any atom is 0.291 e. The average Bonchev–Trinajstić information content (AvgIpc) is 3.27. The van der Waals surface area contributed by atoms with Crippen LogP contribution in [0.2, 0.25) is 0 Å². The molecule has 1 aromatic carbocycles. The zero-order chi connectivity index (χ0) is 21.8. The average molecular weight is 542 g/mol. The molecule has 0 aliphatic heterocycles. The number of furan rings is 1. The summed E-state index contributed by atoms with van der Waals surface area (Å²) in [6.45, 7) is 11.3. The summed E-state index contributed by atoms with van der Waals surface area (Å²) >= 11 is 0. The Kier molecular flexibility index (Phi) is 12.9. The lowest BCUT2D eigenvalue weighted by Crippen LogP contribution is -2.39. The van der Waals surface area contributed by atoms with Crippen LogP contribution in [0, 0.1) is 5.92 Å². The van der Waals surface area contributed by atoms with Gasteiger partial charge in [0.25, 0.3) is 5.91 Å². The van der Waals surface area contributed by atoms with Crippen molar-refractivity contribution in [1.29, 1.82) is 0 Å². The Morgan fingerprint density at radius 3 is 2.45 bits per heavy atom. The second-order valence-electron chi connectivity index (χ2n) is 7.28. The Hall–Kier alpha value is -2.07. The second kappa shape index (κ2) is 14.9. The predicted molar refractivity (Wildman–Crippen MR) is 136 cm³/mol. The largest absolute Gasteiger partial charge is 0.459 e. The summed E-state index contributed by atoms with van der Waals surface area (Å²) in [5.74, 6) is 1.29. The van der Waals surface area contributed by atoms with E-state index in [-0.39, 0.29) is 41.7 Å². The van der Waals surface area contributed by atoms with Crippen LogP contribution in [0.1, 0.15) is 50.2 Å². The van der Waals surface area contributed by atoms with Crippen LogP contribution in [-0.2, 0) is 11.3 Å². The van der Waals surface area contributed by atoms with Crippen molar-refractivity contribution in [3.63, 3.8) is 0 Å². The molecule has 31 heavy (non-hydrogen) atoms. The molecular formula is C23H35IN4O3. The van der Waals surface area contributed by atoms with E-state index in [9.17, 15) is 4.79 Å². The highest BCUT2D eigenvalue weighted by molar-refractivity contribution is 14.0. The molecule has 1 unspecified atom stereocenters. The number of guanidine groups is 1. The molecular weight excluding hydrogens is 507 g/mol. The van der Waals surface area contributed by atoms with Crippen LogP contribution >= 0.6 is 24.0 Å². The second-order valence-corrected chi connectivity index (χ2v) is 7.28. The first-order valence-electron chi connectivity index (χ1n) is 10.6. The number of halogens is 1. The summed E-state index contributed by atoms with van der Waals surface area (Å²) < 4.78 is 10.9. The van der Waals surface area contributed by atoms with Gasteiger partial charge in [-0.3, -0.25) is 4.79 Å². The van der Waals surface area contributed by atoms with Crippen LogP contribution in [0.3, 0.4) is 0 Å². The van der Waals surface area contributed by atoms with E-state index in [0.29, 0.717) is 18.2 Å². The maximum absolute atomic E-state index is 12.0. The molecule has 0 aliphatic rings. The van der Waals surface area contributed by atoms with Crippen molar-refractivity contribution in [3.8, 4) is 0 Å². The molecule has 0 aliphatic carbocycles. The topological polar surface area (TPSA) is 87.9 Å². The number of carbonyl (C=O) groups is 1. The molecule has 0 fully saturated rings.